The van der Waals surface area contributed by atoms with E-state index in [2.05, 4.69) is 25.7 Å². The minimum atomic E-state index is -2.78. The SMILES string of the molecule is COc1cnc(F)c(CBr)c1C(F)F. The summed E-state index contributed by atoms with van der Waals surface area (Å²) in [5, 5.41) is -0.0251. The highest BCUT2D eigenvalue weighted by Crippen LogP contribution is 2.33. The van der Waals surface area contributed by atoms with E-state index in [1.807, 2.05) is 0 Å². The highest BCUT2D eigenvalue weighted by Gasteiger charge is 2.22. The molecular weight excluding hydrogens is 263 g/mol. The van der Waals surface area contributed by atoms with E-state index >= 15 is 0 Å². The lowest BCUT2D eigenvalue weighted by Crippen LogP contribution is -2.02. The second kappa shape index (κ2) is 4.63. The van der Waals surface area contributed by atoms with Crippen molar-refractivity contribution in [3.63, 3.8) is 0 Å². The summed E-state index contributed by atoms with van der Waals surface area (Å²) < 4.78 is 42.8. The number of rotatable bonds is 3. The first-order chi connectivity index (χ1) is 6.61. The van der Waals surface area contributed by atoms with Crippen molar-refractivity contribution in [2.75, 3.05) is 7.11 Å². The standard InChI is InChI=1S/C8H7BrF3NO/c1-14-5-3-13-8(12)4(2-9)6(5)7(10)11/h3,7H,2H2,1H3. The molecule has 0 atom stereocenters. The van der Waals surface area contributed by atoms with Crippen LogP contribution in [0.5, 0.6) is 5.75 Å². The van der Waals surface area contributed by atoms with Gasteiger partial charge >= 0.3 is 0 Å². The van der Waals surface area contributed by atoms with Crippen molar-refractivity contribution in [3.05, 3.63) is 23.3 Å². The highest BCUT2D eigenvalue weighted by atomic mass is 79.9. The molecule has 0 aliphatic rings. The minimum absolute atomic E-state index is 0.0251. The number of alkyl halides is 3. The molecule has 0 spiro atoms. The Bertz CT molecular complexity index is 333. The molecule has 0 bridgehead atoms. The van der Waals surface area contributed by atoms with Crippen LogP contribution in [0.25, 0.3) is 0 Å². The van der Waals surface area contributed by atoms with Gasteiger partial charge in [-0.3, -0.25) is 0 Å². The van der Waals surface area contributed by atoms with Gasteiger partial charge in [0, 0.05) is 10.9 Å². The number of halogens is 4. The molecule has 0 aromatic carbocycles. The molecule has 1 heterocycles. The molecule has 0 aliphatic carbocycles. The maximum absolute atomic E-state index is 13.0. The molecule has 1 rings (SSSR count). The molecule has 0 saturated heterocycles. The van der Waals surface area contributed by atoms with Crippen LogP contribution in [0.4, 0.5) is 13.2 Å². The van der Waals surface area contributed by atoms with Crippen molar-refractivity contribution in [2.24, 2.45) is 0 Å². The number of pyridine rings is 1. The zero-order valence-corrected chi connectivity index (χ0v) is 8.82. The van der Waals surface area contributed by atoms with Gasteiger partial charge in [-0.2, -0.15) is 4.39 Å². The van der Waals surface area contributed by atoms with Gasteiger partial charge in [-0.25, -0.2) is 13.8 Å². The molecule has 0 fully saturated rings. The number of nitrogens with zero attached hydrogens (tertiary/aromatic N) is 1. The Morgan fingerprint density at radius 3 is 2.64 bits per heavy atom. The lowest BCUT2D eigenvalue weighted by molar-refractivity contribution is 0.145. The molecule has 0 amide bonds. The van der Waals surface area contributed by atoms with Crippen LogP contribution in [-0.2, 0) is 5.33 Å². The van der Waals surface area contributed by atoms with E-state index in [4.69, 9.17) is 0 Å². The van der Waals surface area contributed by atoms with Crippen molar-refractivity contribution < 1.29 is 17.9 Å². The molecule has 0 saturated carbocycles. The summed E-state index contributed by atoms with van der Waals surface area (Å²) in [5.74, 6) is -1.01. The first-order valence-electron chi connectivity index (χ1n) is 3.67. The van der Waals surface area contributed by atoms with Crippen molar-refractivity contribution in [2.45, 2.75) is 11.8 Å². The quantitative estimate of drug-likeness (QED) is 0.622. The minimum Gasteiger partial charge on any atom is -0.495 e. The van der Waals surface area contributed by atoms with E-state index in [1.165, 1.54) is 7.11 Å². The fourth-order valence-corrected chi connectivity index (χ4v) is 1.59. The first kappa shape index (κ1) is 11.3. The molecule has 0 radical (unpaired) electrons. The number of aromatic nitrogens is 1. The highest BCUT2D eigenvalue weighted by molar-refractivity contribution is 9.08. The second-order valence-corrected chi connectivity index (χ2v) is 3.00. The predicted octanol–water partition coefficient (Wildman–Crippen LogP) is 3.06. The van der Waals surface area contributed by atoms with Crippen LogP contribution in [0.1, 0.15) is 17.6 Å². The van der Waals surface area contributed by atoms with E-state index in [9.17, 15) is 13.2 Å². The summed E-state index contributed by atoms with van der Waals surface area (Å²) in [6.45, 7) is 0. The predicted molar refractivity (Wildman–Crippen MR) is 48.3 cm³/mol. The molecule has 2 nitrogen and oxygen atoms in total. The lowest BCUT2D eigenvalue weighted by atomic mass is 10.1. The average Bonchev–Trinajstić information content (AvgIpc) is 2.17. The molecule has 0 unspecified atom stereocenters. The normalized spacial score (nSPS) is 10.7. The Kier molecular flexibility index (Phi) is 3.74. The van der Waals surface area contributed by atoms with Crippen LogP contribution in [0.2, 0.25) is 0 Å². The van der Waals surface area contributed by atoms with Gasteiger partial charge in [0.25, 0.3) is 6.43 Å². The molecule has 14 heavy (non-hydrogen) atoms. The van der Waals surface area contributed by atoms with Gasteiger partial charge in [-0.1, -0.05) is 15.9 Å². The third-order valence-electron chi connectivity index (χ3n) is 1.71. The van der Waals surface area contributed by atoms with Crippen molar-refractivity contribution >= 4 is 15.9 Å². The third kappa shape index (κ3) is 2.00. The van der Waals surface area contributed by atoms with Crippen LogP contribution < -0.4 is 4.74 Å². The second-order valence-electron chi connectivity index (χ2n) is 2.44. The van der Waals surface area contributed by atoms with Crippen molar-refractivity contribution in [1.29, 1.82) is 0 Å². The Morgan fingerprint density at radius 2 is 2.21 bits per heavy atom. The van der Waals surface area contributed by atoms with Crippen LogP contribution >= 0.6 is 15.9 Å². The van der Waals surface area contributed by atoms with Crippen LogP contribution in [-0.4, -0.2) is 12.1 Å². The molecule has 1 aromatic rings. The van der Waals surface area contributed by atoms with Crippen LogP contribution in [0.3, 0.4) is 0 Å². The summed E-state index contributed by atoms with van der Waals surface area (Å²) in [4.78, 5) is 3.31. The molecule has 78 valence electrons. The average molecular weight is 270 g/mol. The van der Waals surface area contributed by atoms with Gasteiger partial charge in [0.05, 0.1) is 18.9 Å². The van der Waals surface area contributed by atoms with Gasteiger partial charge in [-0.15, -0.1) is 0 Å². The first-order valence-corrected chi connectivity index (χ1v) is 4.79. The maximum Gasteiger partial charge on any atom is 0.267 e. The number of hydrogen-bond acceptors (Lipinski definition) is 2. The summed E-state index contributed by atoms with van der Waals surface area (Å²) in [6, 6.07) is 0. The summed E-state index contributed by atoms with van der Waals surface area (Å²) in [5.41, 5.74) is -0.615. The zero-order chi connectivity index (χ0) is 10.7. The van der Waals surface area contributed by atoms with E-state index in [0.29, 0.717) is 0 Å². The Balaban J connectivity index is 3.36. The van der Waals surface area contributed by atoms with Crippen LogP contribution in [0, 0.1) is 5.95 Å². The van der Waals surface area contributed by atoms with Gasteiger partial charge in [0.15, 0.2) is 0 Å². The number of ether oxygens (including phenoxy) is 1. The number of hydrogen-bond donors (Lipinski definition) is 0. The fourth-order valence-electron chi connectivity index (χ4n) is 1.05. The zero-order valence-electron chi connectivity index (χ0n) is 7.23. The van der Waals surface area contributed by atoms with Crippen molar-refractivity contribution in [3.8, 4) is 5.75 Å². The fraction of sp³-hybridized carbons (Fsp3) is 0.375. The summed E-state index contributed by atoms with van der Waals surface area (Å²) >= 11 is 2.92. The summed E-state index contributed by atoms with van der Waals surface area (Å²) in [7, 11) is 1.23. The smallest absolute Gasteiger partial charge is 0.267 e. The van der Waals surface area contributed by atoms with E-state index in [1.54, 1.807) is 0 Å². The monoisotopic (exact) mass is 269 g/mol. The van der Waals surface area contributed by atoms with Gasteiger partial charge < -0.3 is 4.74 Å². The van der Waals surface area contributed by atoms with Gasteiger partial charge in [0.1, 0.15) is 5.75 Å². The maximum atomic E-state index is 13.0. The molecule has 0 N–H and O–H groups in total. The van der Waals surface area contributed by atoms with Crippen LogP contribution in [0.15, 0.2) is 6.20 Å². The van der Waals surface area contributed by atoms with E-state index < -0.39 is 17.9 Å². The Hall–Kier alpha value is -0.780. The topological polar surface area (TPSA) is 22.1 Å². The largest absolute Gasteiger partial charge is 0.495 e. The number of methoxy groups -OCH3 is 1. The van der Waals surface area contributed by atoms with E-state index in [-0.39, 0.29) is 16.6 Å². The Morgan fingerprint density at radius 1 is 1.57 bits per heavy atom. The van der Waals surface area contributed by atoms with E-state index in [0.717, 1.165) is 6.20 Å². The van der Waals surface area contributed by atoms with Crippen molar-refractivity contribution in [1.82, 2.24) is 4.98 Å². The summed E-state index contributed by atoms with van der Waals surface area (Å²) in [6.07, 6.45) is -1.84. The Labute approximate surface area is 87.2 Å². The molecular formula is C8H7BrF3NO. The van der Waals surface area contributed by atoms with Gasteiger partial charge in [-0.05, 0) is 0 Å². The van der Waals surface area contributed by atoms with Gasteiger partial charge in [0.2, 0.25) is 5.95 Å². The third-order valence-corrected chi connectivity index (χ3v) is 2.27. The molecule has 0 aliphatic heterocycles. The molecule has 6 heteroatoms. The lowest BCUT2D eigenvalue weighted by Gasteiger charge is -2.11. The molecule has 1 aromatic heterocycles.